The Morgan fingerprint density at radius 3 is 2.74 bits per heavy atom. The molecule has 3 aromatic heterocycles. The van der Waals surface area contributed by atoms with Crippen LogP contribution in [-0.4, -0.2) is 43.6 Å². The van der Waals surface area contributed by atoms with E-state index in [1.165, 1.54) is 17.8 Å². The number of halogens is 2. The van der Waals surface area contributed by atoms with Crippen molar-refractivity contribution in [1.29, 1.82) is 0 Å². The van der Waals surface area contributed by atoms with E-state index >= 15 is 0 Å². The number of nitrogens with zero attached hydrogens (tertiary/aromatic N) is 6. The van der Waals surface area contributed by atoms with E-state index < -0.39 is 0 Å². The van der Waals surface area contributed by atoms with Crippen LogP contribution in [0.4, 0.5) is 16.0 Å². The zero-order valence-corrected chi connectivity index (χ0v) is 20.2. The number of fused-ring (bicyclic) bond motifs is 2. The van der Waals surface area contributed by atoms with Gasteiger partial charge < -0.3 is 15.6 Å². The number of hydrazine groups is 1. The molecule has 0 bridgehead atoms. The number of nitrogen functional groups attached to an aromatic ring is 1. The third kappa shape index (κ3) is 3.91. The summed E-state index contributed by atoms with van der Waals surface area (Å²) in [5.41, 5.74) is 8.51. The van der Waals surface area contributed by atoms with E-state index in [9.17, 15) is 4.39 Å². The van der Waals surface area contributed by atoms with Gasteiger partial charge in [0.1, 0.15) is 28.0 Å². The van der Waals surface area contributed by atoms with Gasteiger partial charge >= 0.3 is 0 Å². The van der Waals surface area contributed by atoms with Gasteiger partial charge in [0.05, 0.1) is 22.5 Å². The molecular formula is C24H22ClFN8S. The highest BCUT2D eigenvalue weighted by Crippen LogP contribution is 2.42. The van der Waals surface area contributed by atoms with Crippen molar-refractivity contribution < 1.29 is 4.39 Å². The van der Waals surface area contributed by atoms with Crippen molar-refractivity contribution in [3.8, 4) is 0 Å². The Morgan fingerprint density at radius 1 is 1.09 bits per heavy atom. The molecule has 6 rings (SSSR count). The molecule has 5 heterocycles. The highest BCUT2D eigenvalue weighted by molar-refractivity contribution is 7.99. The Morgan fingerprint density at radius 2 is 1.91 bits per heavy atom. The van der Waals surface area contributed by atoms with Crippen molar-refractivity contribution >= 4 is 46.2 Å². The maximum Gasteiger partial charge on any atom is 0.179 e. The molecule has 178 valence electrons. The maximum absolute atomic E-state index is 13.8. The standard InChI is InChI=1S/C24H22ClFN8S/c25-21-18(4-8-29-22(21)27)35-20-2-1-16-23(32-20)30-13-19(31-16)33-9-6-24(7-10-33)5-3-14-11-15(26)12-17(14)34(24)28/h1-4,8,11-13H,5-7,9-10,28H2,(H2,27,29). The van der Waals surface area contributed by atoms with Crippen LogP contribution in [0, 0.1) is 0 Å². The minimum absolute atomic E-state index is 0.208. The second-order valence-electron chi connectivity index (χ2n) is 8.83. The normalized spacial score (nSPS) is 19.0. The van der Waals surface area contributed by atoms with Crippen molar-refractivity contribution in [3.63, 3.8) is 0 Å². The second kappa shape index (κ2) is 8.47. The third-order valence-electron chi connectivity index (χ3n) is 6.82. The molecule has 2 aliphatic heterocycles. The first-order valence-electron chi connectivity index (χ1n) is 11.2. The molecule has 8 nitrogen and oxygen atoms in total. The van der Waals surface area contributed by atoms with Crippen LogP contribution in [0.15, 0.2) is 75.8 Å². The van der Waals surface area contributed by atoms with Crippen LogP contribution in [0.5, 0.6) is 0 Å². The molecule has 0 radical (unpaired) electrons. The molecule has 0 saturated carbocycles. The molecule has 4 N–H and O–H groups in total. The number of rotatable bonds is 3. The first-order valence-corrected chi connectivity index (χ1v) is 12.4. The summed E-state index contributed by atoms with van der Waals surface area (Å²) in [5, 5.41) is 2.93. The summed E-state index contributed by atoms with van der Waals surface area (Å²) in [5.74, 6) is 7.34. The summed E-state index contributed by atoms with van der Waals surface area (Å²) >= 11 is 7.66. The summed E-state index contributed by atoms with van der Waals surface area (Å²) in [7, 11) is 0. The first kappa shape index (κ1) is 22.3. The SMILES string of the molecule is Nc1nccc(Sc2ccc3nc(N4CCC5(CC=C6C=C(F)C=C6N5N)CC4)cnc3n2)c1Cl. The van der Waals surface area contributed by atoms with E-state index in [1.807, 2.05) is 12.1 Å². The number of anilines is 2. The number of allylic oxidation sites excluding steroid dienone is 3. The highest BCUT2D eigenvalue weighted by Gasteiger charge is 2.43. The molecule has 3 aliphatic rings. The number of hydrogen-bond donors (Lipinski definition) is 2. The third-order valence-corrected chi connectivity index (χ3v) is 8.32. The molecule has 1 aliphatic carbocycles. The van der Waals surface area contributed by atoms with Gasteiger partial charge in [-0.1, -0.05) is 29.4 Å². The average Bonchev–Trinajstić information content (AvgIpc) is 3.26. The fourth-order valence-corrected chi connectivity index (χ4v) is 5.86. The van der Waals surface area contributed by atoms with E-state index in [0.717, 1.165) is 64.9 Å². The van der Waals surface area contributed by atoms with E-state index in [4.69, 9.17) is 28.2 Å². The van der Waals surface area contributed by atoms with E-state index in [0.29, 0.717) is 10.7 Å². The molecule has 35 heavy (non-hydrogen) atoms. The Bertz CT molecular complexity index is 1430. The van der Waals surface area contributed by atoms with Crippen LogP contribution in [0.1, 0.15) is 19.3 Å². The minimum atomic E-state index is -0.245. The van der Waals surface area contributed by atoms with Gasteiger partial charge in [0.15, 0.2) is 5.65 Å². The quantitative estimate of drug-likeness (QED) is 0.497. The Hall–Kier alpha value is -3.21. The monoisotopic (exact) mass is 508 g/mol. The predicted molar refractivity (Wildman–Crippen MR) is 135 cm³/mol. The van der Waals surface area contributed by atoms with Crippen molar-refractivity contribution in [1.82, 2.24) is 24.9 Å². The van der Waals surface area contributed by atoms with Crippen LogP contribution in [0.3, 0.4) is 0 Å². The predicted octanol–water partition coefficient (Wildman–Crippen LogP) is 4.40. The van der Waals surface area contributed by atoms with Gasteiger partial charge in [0.25, 0.3) is 0 Å². The molecule has 0 atom stereocenters. The average molecular weight is 509 g/mol. The van der Waals surface area contributed by atoms with Crippen molar-refractivity contribution in [2.24, 2.45) is 5.84 Å². The molecule has 3 aromatic rings. The number of piperidine rings is 1. The van der Waals surface area contributed by atoms with Crippen LogP contribution in [0.25, 0.3) is 11.2 Å². The number of pyridine rings is 2. The zero-order valence-electron chi connectivity index (χ0n) is 18.7. The molecule has 1 fully saturated rings. The van der Waals surface area contributed by atoms with Gasteiger partial charge in [-0.25, -0.2) is 30.2 Å². The largest absolute Gasteiger partial charge is 0.382 e. The molecule has 1 saturated heterocycles. The van der Waals surface area contributed by atoms with Crippen LogP contribution in [-0.2, 0) is 0 Å². The molecule has 0 amide bonds. The number of nitrogens with two attached hydrogens (primary N) is 2. The molecule has 1 spiro atoms. The molecule has 11 heteroatoms. The van der Waals surface area contributed by atoms with Gasteiger partial charge in [-0.2, -0.15) is 0 Å². The summed E-state index contributed by atoms with van der Waals surface area (Å²) in [4.78, 5) is 21.0. The van der Waals surface area contributed by atoms with Crippen molar-refractivity contribution in [2.75, 3.05) is 23.7 Å². The summed E-state index contributed by atoms with van der Waals surface area (Å²) in [6.07, 6.45) is 11.0. The van der Waals surface area contributed by atoms with Gasteiger partial charge in [-0.05, 0) is 55.2 Å². The first-order chi connectivity index (χ1) is 16.9. The minimum Gasteiger partial charge on any atom is -0.382 e. The summed E-state index contributed by atoms with van der Waals surface area (Å²) in [6.45, 7) is 1.56. The van der Waals surface area contributed by atoms with Crippen LogP contribution >= 0.6 is 23.4 Å². The van der Waals surface area contributed by atoms with Crippen LogP contribution < -0.4 is 16.5 Å². The maximum atomic E-state index is 13.8. The number of hydrogen-bond acceptors (Lipinski definition) is 9. The van der Waals surface area contributed by atoms with Gasteiger partial charge in [0.2, 0.25) is 0 Å². The molecule has 0 unspecified atom stereocenters. The second-order valence-corrected chi connectivity index (χ2v) is 10.3. The van der Waals surface area contributed by atoms with E-state index in [-0.39, 0.29) is 17.2 Å². The fraction of sp³-hybridized carbons (Fsp3) is 0.250. The lowest BCUT2D eigenvalue weighted by Gasteiger charge is -2.50. The van der Waals surface area contributed by atoms with Gasteiger partial charge in [0, 0.05) is 24.2 Å². The topological polar surface area (TPSA) is 110 Å². The summed E-state index contributed by atoms with van der Waals surface area (Å²) in [6, 6.07) is 5.60. The Labute approximate surface area is 210 Å². The van der Waals surface area contributed by atoms with Crippen LogP contribution in [0.2, 0.25) is 5.02 Å². The zero-order chi connectivity index (χ0) is 24.2. The van der Waals surface area contributed by atoms with Crippen molar-refractivity contribution in [2.45, 2.75) is 34.7 Å². The lowest BCUT2D eigenvalue weighted by Crippen LogP contribution is -2.59. The van der Waals surface area contributed by atoms with E-state index in [1.54, 1.807) is 29.5 Å². The van der Waals surface area contributed by atoms with Gasteiger partial charge in [-0.15, -0.1) is 0 Å². The van der Waals surface area contributed by atoms with E-state index in [2.05, 4.69) is 25.9 Å². The van der Waals surface area contributed by atoms with Gasteiger partial charge in [-0.3, -0.25) is 0 Å². The highest BCUT2D eigenvalue weighted by atomic mass is 35.5. The molecular weight excluding hydrogens is 487 g/mol. The Balaban J connectivity index is 1.18. The number of aromatic nitrogens is 4. The summed E-state index contributed by atoms with van der Waals surface area (Å²) < 4.78 is 13.8. The smallest absolute Gasteiger partial charge is 0.179 e. The lowest BCUT2D eigenvalue weighted by atomic mass is 9.80. The Kier molecular flexibility index (Phi) is 5.39. The lowest BCUT2D eigenvalue weighted by molar-refractivity contribution is 0.0961. The van der Waals surface area contributed by atoms with Crippen molar-refractivity contribution in [3.05, 3.63) is 70.9 Å². The fourth-order valence-electron chi connectivity index (χ4n) is 4.82. The molecule has 0 aromatic carbocycles.